The summed E-state index contributed by atoms with van der Waals surface area (Å²) in [6.45, 7) is 5.45. The van der Waals surface area contributed by atoms with E-state index in [0.717, 1.165) is 0 Å². The Morgan fingerprint density at radius 3 is 2.32 bits per heavy atom. The van der Waals surface area contributed by atoms with Gasteiger partial charge in [-0.1, -0.05) is 20.8 Å². The van der Waals surface area contributed by atoms with Crippen molar-refractivity contribution in [1.82, 2.24) is 9.97 Å². The molecule has 0 aromatic carbocycles. The first-order valence-corrected chi connectivity index (χ1v) is 5.94. The number of hydrogen-bond donors (Lipinski definition) is 3. The fourth-order valence-corrected chi connectivity index (χ4v) is 1.31. The molecule has 108 valence electrons. The molecule has 0 radical (unpaired) electrons. The normalized spacial score (nSPS) is 12.6. The molecule has 0 aliphatic carbocycles. The van der Waals surface area contributed by atoms with E-state index in [1.54, 1.807) is 6.92 Å². The van der Waals surface area contributed by atoms with Crippen molar-refractivity contribution in [3.63, 3.8) is 0 Å². The smallest absolute Gasteiger partial charge is 0.287 e. The molecule has 7 heteroatoms. The van der Waals surface area contributed by atoms with Crippen molar-refractivity contribution in [1.29, 1.82) is 0 Å². The van der Waals surface area contributed by atoms with Crippen LogP contribution >= 0.6 is 0 Å². The molecule has 0 fully saturated rings. The van der Waals surface area contributed by atoms with Gasteiger partial charge in [-0.2, -0.15) is 0 Å². The summed E-state index contributed by atoms with van der Waals surface area (Å²) in [5, 5.41) is 11.0. The van der Waals surface area contributed by atoms with E-state index in [9.17, 15) is 8.78 Å². The molecule has 0 unspecified atom stereocenters. The molecule has 1 rings (SSSR count). The number of alkyl halides is 2. The molecule has 0 aliphatic rings. The second-order valence-corrected chi connectivity index (χ2v) is 5.52. The van der Waals surface area contributed by atoms with Crippen molar-refractivity contribution in [2.45, 2.75) is 39.0 Å². The highest BCUT2D eigenvalue weighted by Crippen LogP contribution is 2.25. The Hall–Kier alpha value is -1.50. The van der Waals surface area contributed by atoms with E-state index in [1.807, 2.05) is 20.8 Å². The van der Waals surface area contributed by atoms with E-state index in [0.29, 0.717) is 11.4 Å². The predicted molar refractivity (Wildman–Crippen MR) is 70.4 cm³/mol. The molecule has 0 spiro atoms. The molecular formula is C12H20F2N4O. The molecule has 4 N–H and O–H groups in total. The molecule has 0 saturated heterocycles. The Bertz CT molecular complexity index is 458. The monoisotopic (exact) mass is 274 g/mol. The highest BCUT2D eigenvalue weighted by Gasteiger charge is 2.28. The predicted octanol–water partition coefficient (Wildman–Crippen LogP) is 1.70. The highest BCUT2D eigenvalue weighted by molar-refractivity contribution is 5.55. The van der Waals surface area contributed by atoms with Gasteiger partial charge in [-0.15, -0.1) is 0 Å². The Labute approximate surface area is 111 Å². The van der Waals surface area contributed by atoms with Crippen LogP contribution in [0.5, 0.6) is 0 Å². The Balaban J connectivity index is 3.04. The van der Waals surface area contributed by atoms with E-state index in [2.05, 4.69) is 15.3 Å². The molecule has 0 amide bonds. The number of anilines is 2. The summed E-state index contributed by atoms with van der Waals surface area (Å²) in [5.41, 5.74) is 5.94. The zero-order chi connectivity index (χ0) is 14.8. The van der Waals surface area contributed by atoms with Crippen LogP contribution in [0.2, 0.25) is 0 Å². The van der Waals surface area contributed by atoms with Crippen molar-refractivity contribution in [2.75, 3.05) is 24.2 Å². The van der Waals surface area contributed by atoms with Crippen LogP contribution < -0.4 is 11.1 Å². The summed E-state index contributed by atoms with van der Waals surface area (Å²) in [6, 6.07) is 0. The maximum atomic E-state index is 13.0. The number of nitrogens with zero attached hydrogens (tertiary/aromatic N) is 2. The molecule has 0 atom stereocenters. The number of rotatable bonds is 4. The van der Waals surface area contributed by atoms with Crippen LogP contribution in [0.3, 0.4) is 0 Å². The van der Waals surface area contributed by atoms with E-state index in [-0.39, 0.29) is 17.1 Å². The van der Waals surface area contributed by atoms with Gasteiger partial charge < -0.3 is 16.2 Å². The van der Waals surface area contributed by atoms with Gasteiger partial charge in [0, 0.05) is 11.0 Å². The largest absolute Gasteiger partial charge is 0.390 e. The Morgan fingerprint density at radius 1 is 1.26 bits per heavy atom. The molecule has 1 aromatic rings. The van der Waals surface area contributed by atoms with Gasteiger partial charge in [-0.3, -0.25) is 0 Å². The summed E-state index contributed by atoms with van der Waals surface area (Å²) in [7, 11) is 0. The Kier molecular flexibility index (Phi) is 4.29. The van der Waals surface area contributed by atoms with Gasteiger partial charge in [-0.05, 0) is 6.92 Å². The van der Waals surface area contributed by atoms with Crippen LogP contribution in [-0.2, 0) is 5.41 Å². The summed E-state index contributed by atoms with van der Waals surface area (Å²) < 4.78 is 26.0. The van der Waals surface area contributed by atoms with E-state index < -0.39 is 19.1 Å². The van der Waals surface area contributed by atoms with Crippen LogP contribution in [0.25, 0.3) is 0 Å². The fraction of sp³-hybridized carbons (Fsp3) is 0.667. The van der Waals surface area contributed by atoms with Crippen molar-refractivity contribution in [3.05, 3.63) is 11.4 Å². The summed E-state index contributed by atoms with van der Waals surface area (Å²) in [6.07, 6.45) is 0. The van der Waals surface area contributed by atoms with E-state index in [4.69, 9.17) is 10.8 Å². The van der Waals surface area contributed by atoms with Crippen molar-refractivity contribution in [3.8, 4) is 0 Å². The first-order chi connectivity index (χ1) is 8.57. The standard InChI is InChI=1S/C12H20F2N4O/c1-7-8(15)17-10(11(2,3)4)18-9(7)16-5-12(13,14)6-19/h19H,5-6H2,1-4H3,(H3,15,16,17,18). The number of nitrogens with two attached hydrogens (primary N) is 1. The third-order valence-corrected chi connectivity index (χ3v) is 2.60. The van der Waals surface area contributed by atoms with Gasteiger partial charge in [0.15, 0.2) is 0 Å². The number of nitrogen functional groups attached to an aromatic ring is 1. The lowest BCUT2D eigenvalue weighted by Gasteiger charge is -2.21. The van der Waals surface area contributed by atoms with Crippen LogP contribution in [-0.4, -0.2) is 34.1 Å². The van der Waals surface area contributed by atoms with Crippen LogP contribution in [0, 0.1) is 6.92 Å². The molecule has 0 bridgehead atoms. The molecular weight excluding hydrogens is 254 g/mol. The topological polar surface area (TPSA) is 84.1 Å². The van der Waals surface area contributed by atoms with E-state index in [1.165, 1.54) is 0 Å². The maximum absolute atomic E-state index is 13.0. The third-order valence-electron chi connectivity index (χ3n) is 2.60. The van der Waals surface area contributed by atoms with Gasteiger partial charge in [0.25, 0.3) is 5.92 Å². The number of hydrogen-bond acceptors (Lipinski definition) is 5. The minimum Gasteiger partial charge on any atom is -0.390 e. The van der Waals surface area contributed by atoms with Crippen molar-refractivity contribution < 1.29 is 13.9 Å². The van der Waals surface area contributed by atoms with Gasteiger partial charge in [0.05, 0.1) is 6.54 Å². The van der Waals surface area contributed by atoms with Gasteiger partial charge in [0.1, 0.15) is 24.1 Å². The first kappa shape index (κ1) is 15.6. The molecule has 1 aromatic heterocycles. The van der Waals surface area contributed by atoms with Crippen molar-refractivity contribution >= 4 is 11.6 Å². The number of aromatic nitrogens is 2. The second kappa shape index (κ2) is 5.24. The number of aliphatic hydroxyl groups is 1. The molecule has 0 saturated carbocycles. The maximum Gasteiger partial charge on any atom is 0.287 e. The zero-order valence-corrected chi connectivity index (χ0v) is 11.6. The average molecular weight is 274 g/mol. The number of halogens is 2. The molecule has 5 nitrogen and oxygen atoms in total. The van der Waals surface area contributed by atoms with Crippen molar-refractivity contribution in [2.24, 2.45) is 0 Å². The van der Waals surface area contributed by atoms with Gasteiger partial charge in [-0.25, -0.2) is 18.7 Å². The molecule has 19 heavy (non-hydrogen) atoms. The SMILES string of the molecule is Cc1c(N)nc(C(C)(C)C)nc1NCC(F)(F)CO. The lowest BCUT2D eigenvalue weighted by Crippen LogP contribution is -2.32. The average Bonchev–Trinajstić information content (AvgIpc) is 2.29. The lowest BCUT2D eigenvalue weighted by atomic mass is 9.95. The zero-order valence-electron chi connectivity index (χ0n) is 11.6. The highest BCUT2D eigenvalue weighted by atomic mass is 19.3. The number of nitrogens with one attached hydrogen (secondary N) is 1. The Morgan fingerprint density at radius 2 is 1.84 bits per heavy atom. The van der Waals surface area contributed by atoms with Crippen LogP contribution in [0.1, 0.15) is 32.2 Å². The van der Waals surface area contributed by atoms with Gasteiger partial charge >= 0.3 is 0 Å². The van der Waals surface area contributed by atoms with Crippen LogP contribution in [0.15, 0.2) is 0 Å². The molecule has 1 heterocycles. The van der Waals surface area contributed by atoms with Gasteiger partial charge in [0.2, 0.25) is 0 Å². The lowest BCUT2D eigenvalue weighted by molar-refractivity contribution is -0.0373. The third kappa shape index (κ3) is 3.99. The second-order valence-electron chi connectivity index (χ2n) is 5.52. The quantitative estimate of drug-likeness (QED) is 0.778. The first-order valence-electron chi connectivity index (χ1n) is 5.94. The minimum atomic E-state index is -3.20. The number of aliphatic hydroxyl groups excluding tert-OH is 1. The summed E-state index contributed by atoms with van der Waals surface area (Å²) >= 11 is 0. The summed E-state index contributed by atoms with van der Waals surface area (Å²) in [5.74, 6) is -2.20. The van der Waals surface area contributed by atoms with E-state index >= 15 is 0 Å². The van der Waals surface area contributed by atoms with Crippen LogP contribution in [0.4, 0.5) is 20.4 Å². The molecule has 0 aliphatic heterocycles. The fourth-order valence-electron chi connectivity index (χ4n) is 1.31. The minimum absolute atomic E-state index is 0.259. The summed E-state index contributed by atoms with van der Waals surface area (Å²) in [4.78, 5) is 8.38.